The lowest BCUT2D eigenvalue weighted by atomic mass is 9.79. The standard InChI is InChI=1S/C17H22N4O3/c1-10(22)19-17-5-13(14(17)6-17)8-21-3-2-11-4-12(16(23)20-24)7-18-15(11)9-21/h4,7,13-14,24H,2-3,5-6,8-9H2,1H3,(H,19,22)(H,20,23). The lowest BCUT2D eigenvalue weighted by molar-refractivity contribution is -0.120. The van der Waals surface area contributed by atoms with Gasteiger partial charge in [0.2, 0.25) is 5.91 Å². The zero-order valence-electron chi connectivity index (χ0n) is 13.7. The molecule has 2 amide bonds. The normalized spacial score (nSPS) is 30.6. The summed E-state index contributed by atoms with van der Waals surface area (Å²) in [7, 11) is 0. The number of carbonyl (C=O) groups is 2. The first-order chi connectivity index (χ1) is 11.5. The van der Waals surface area contributed by atoms with E-state index < -0.39 is 5.91 Å². The van der Waals surface area contributed by atoms with Crippen LogP contribution in [0.25, 0.3) is 0 Å². The van der Waals surface area contributed by atoms with Gasteiger partial charge in [-0.15, -0.1) is 0 Å². The highest BCUT2D eigenvalue weighted by molar-refractivity contribution is 5.93. The van der Waals surface area contributed by atoms with Crippen molar-refractivity contribution >= 4 is 11.8 Å². The van der Waals surface area contributed by atoms with Gasteiger partial charge in [-0.05, 0) is 42.7 Å². The molecule has 0 aromatic carbocycles. The van der Waals surface area contributed by atoms with Gasteiger partial charge in [-0.25, -0.2) is 5.48 Å². The first kappa shape index (κ1) is 15.5. The second kappa shape index (κ2) is 5.53. The Hall–Kier alpha value is -1.99. The molecule has 3 N–H and O–H groups in total. The fraction of sp³-hybridized carbons (Fsp3) is 0.588. The van der Waals surface area contributed by atoms with Crippen molar-refractivity contribution in [3.8, 4) is 0 Å². The average Bonchev–Trinajstić information content (AvgIpc) is 3.14. The van der Waals surface area contributed by atoms with E-state index in [4.69, 9.17) is 5.21 Å². The van der Waals surface area contributed by atoms with Crippen LogP contribution in [0.5, 0.6) is 0 Å². The average molecular weight is 330 g/mol. The molecule has 0 radical (unpaired) electrons. The van der Waals surface area contributed by atoms with E-state index in [1.165, 1.54) is 6.20 Å². The summed E-state index contributed by atoms with van der Waals surface area (Å²) in [6.45, 7) is 4.39. The van der Waals surface area contributed by atoms with E-state index in [1.807, 2.05) is 6.07 Å². The van der Waals surface area contributed by atoms with Gasteiger partial charge in [-0.2, -0.15) is 0 Å². The number of carbonyl (C=O) groups excluding carboxylic acids is 2. The smallest absolute Gasteiger partial charge is 0.276 e. The van der Waals surface area contributed by atoms with Crippen molar-refractivity contribution in [2.45, 2.75) is 38.3 Å². The number of hydrogen-bond donors (Lipinski definition) is 3. The van der Waals surface area contributed by atoms with Crippen LogP contribution in [-0.2, 0) is 17.8 Å². The molecule has 3 aliphatic rings. The summed E-state index contributed by atoms with van der Waals surface area (Å²) in [5.41, 5.74) is 4.25. The molecule has 4 rings (SSSR count). The number of nitrogens with one attached hydrogen (secondary N) is 2. The van der Waals surface area contributed by atoms with Gasteiger partial charge in [0.15, 0.2) is 0 Å². The van der Waals surface area contributed by atoms with Crippen molar-refractivity contribution in [1.82, 2.24) is 20.7 Å². The summed E-state index contributed by atoms with van der Waals surface area (Å²) in [5.74, 6) is 0.865. The monoisotopic (exact) mass is 330 g/mol. The van der Waals surface area contributed by atoms with Gasteiger partial charge < -0.3 is 5.32 Å². The molecular formula is C17H22N4O3. The first-order valence-electron chi connectivity index (χ1n) is 8.44. The summed E-state index contributed by atoms with van der Waals surface area (Å²) < 4.78 is 0. The van der Waals surface area contributed by atoms with E-state index in [0.29, 0.717) is 17.4 Å². The van der Waals surface area contributed by atoms with E-state index in [9.17, 15) is 9.59 Å². The Morgan fingerprint density at radius 3 is 3.00 bits per heavy atom. The molecule has 0 spiro atoms. The zero-order chi connectivity index (χ0) is 16.9. The van der Waals surface area contributed by atoms with Gasteiger partial charge in [0.25, 0.3) is 5.91 Å². The number of pyridine rings is 1. The third-order valence-corrected chi connectivity index (χ3v) is 5.74. The van der Waals surface area contributed by atoms with E-state index in [1.54, 1.807) is 12.4 Å². The number of amides is 2. The Bertz CT molecular complexity index is 707. The Morgan fingerprint density at radius 1 is 1.46 bits per heavy atom. The van der Waals surface area contributed by atoms with Gasteiger partial charge in [0, 0.05) is 38.3 Å². The highest BCUT2D eigenvalue weighted by atomic mass is 16.5. The number of fused-ring (bicyclic) bond motifs is 2. The van der Waals surface area contributed by atoms with Gasteiger partial charge in [-0.3, -0.25) is 24.7 Å². The molecule has 2 heterocycles. The highest BCUT2D eigenvalue weighted by Gasteiger charge is 2.67. The molecule has 128 valence electrons. The van der Waals surface area contributed by atoms with E-state index >= 15 is 0 Å². The predicted molar refractivity (Wildman–Crippen MR) is 85.2 cm³/mol. The first-order valence-corrected chi connectivity index (χ1v) is 8.44. The third kappa shape index (κ3) is 2.57. The number of aromatic nitrogens is 1. The molecule has 0 bridgehead atoms. The van der Waals surface area contributed by atoms with Crippen molar-refractivity contribution in [2.75, 3.05) is 13.1 Å². The van der Waals surface area contributed by atoms with Gasteiger partial charge in [0.1, 0.15) is 0 Å². The molecule has 7 heteroatoms. The maximum absolute atomic E-state index is 11.5. The SMILES string of the molecule is CC(=O)NC12CC(CN3CCc4cc(C(=O)NO)cnc4C3)C1C2. The Labute approximate surface area is 140 Å². The summed E-state index contributed by atoms with van der Waals surface area (Å²) in [6.07, 6.45) is 4.59. The van der Waals surface area contributed by atoms with E-state index in [0.717, 1.165) is 50.2 Å². The Kier molecular flexibility index (Phi) is 3.58. The molecule has 2 saturated carbocycles. The van der Waals surface area contributed by atoms with Crippen molar-refractivity contribution in [1.29, 1.82) is 0 Å². The summed E-state index contributed by atoms with van der Waals surface area (Å²) in [4.78, 5) is 29.5. The topological polar surface area (TPSA) is 94.6 Å². The van der Waals surface area contributed by atoms with Crippen molar-refractivity contribution in [3.63, 3.8) is 0 Å². The van der Waals surface area contributed by atoms with Gasteiger partial charge >= 0.3 is 0 Å². The molecular weight excluding hydrogens is 308 g/mol. The molecule has 3 unspecified atom stereocenters. The second-order valence-corrected chi connectivity index (χ2v) is 7.37. The van der Waals surface area contributed by atoms with Crippen LogP contribution >= 0.6 is 0 Å². The van der Waals surface area contributed by atoms with Crippen molar-refractivity contribution in [3.05, 3.63) is 29.1 Å². The molecule has 2 fully saturated rings. The van der Waals surface area contributed by atoms with Gasteiger partial charge in [0.05, 0.1) is 11.3 Å². The Morgan fingerprint density at radius 2 is 2.29 bits per heavy atom. The van der Waals surface area contributed by atoms with Crippen LogP contribution in [0.1, 0.15) is 41.4 Å². The summed E-state index contributed by atoms with van der Waals surface area (Å²) >= 11 is 0. The van der Waals surface area contributed by atoms with Crippen LogP contribution in [-0.4, -0.2) is 45.5 Å². The lowest BCUT2D eigenvalue weighted by Crippen LogP contribution is -2.50. The summed E-state index contributed by atoms with van der Waals surface area (Å²) in [6, 6.07) is 1.82. The number of nitrogens with zero attached hydrogens (tertiary/aromatic N) is 2. The number of hydrogen-bond acceptors (Lipinski definition) is 5. The maximum atomic E-state index is 11.5. The minimum absolute atomic E-state index is 0.0785. The van der Waals surface area contributed by atoms with Crippen LogP contribution in [0.15, 0.2) is 12.3 Å². The van der Waals surface area contributed by atoms with Gasteiger partial charge in [-0.1, -0.05) is 0 Å². The molecule has 24 heavy (non-hydrogen) atoms. The highest BCUT2D eigenvalue weighted by Crippen LogP contribution is 2.63. The van der Waals surface area contributed by atoms with Crippen molar-refractivity contribution < 1.29 is 14.8 Å². The Balaban J connectivity index is 1.35. The molecule has 1 aromatic heterocycles. The maximum Gasteiger partial charge on any atom is 0.276 e. The number of hydroxylamine groups is 1. The van der Waals surface area contributed by atoms with Crippen LogP contribution in [0, 0.1) is 11.8 Å². The zero-order valence-corrected chi connectivity index (χ0v) is 13.7. The minimum atomic E-state index is -0.523. The molecule has 3 atom stereocenters. The minimum Gasteiger partial charge on any atom is -0.351 e. The van der Waals surface area contributed by atoms with Crippen LogP contribution < -0.4 is 10.8 Å². The fourth-order valence-electron chi connectivity index (χ4n) is 4.52. The van der Waals surface area contributed by atoms with Crippen molar-refractivity contribution in [2.24, 2.45) is 11.8 Å². The van der Waals surface area contributed by atoms with Crippen LogP contribution in [0.4, 0.5) is 0 Å². The van der Waals surface area contributed by atoms with E-state index in [2.05, 4.69) is 15.2 Å². The number of rotatable bonds is 4. The largest absolute Gasteiger partial charge is 0.351 e. The van der Waals surface area contributed by atoms with Crippen LogP contribution in [0.2, 0.25) is 0 Å². The quantitative estimate of drug-likeness (QED) is 0.551. The van der Waals surface area contributed by atoms with E-state index in [-0.39, 0.29) is 11.4 Å². The molecule has 1 aliphatic heterocycles. The third-order valence-electron chi connectivity index (χ3n) is 5.74. The molecule has 7 nitrogen and oxygen atoms in total. The summed E-state index contributed by atoms with van der Waals surface area (Å²) in [5, 5.41) is 11.8. The second-order valence-electron chi connectivity index (χ2n) is 7.37. The van der Waals surface area contributed by atoms with Crippen LogP contribution in [0.3, 0.4) is 0 Å². The lowest BCUT2D eigenvalue weighted by Gasteiger charge is -2.39. The fourth-order valence-corrected chi connectivity index (χ4v) is 4.52. The predicted octanol–water partition coefficient (Wildman–Crippen LogP) is 0.473. The molecule has 2 aliphatic carbocycles. The molecule has 1 aromatic rings. The molecule has 0 saturated heterocycles.